The Morgan fingerprint density at radius 3 is 3.00 bits per heavy atom. The molecule has 7 heteroatoms. The number of rotatable bonds is 8. The lowest BCUT2D eigenvalue weighted by Gasteiger charge is -2.02. The molecular weight excluding hydrogens is 238 g/mol. The summed E-state index contributed by atoms with van der Waals surface area (Å²) >= 11 is 0. The van der Waals surface area contributed by atoms with E-state index in [-0.39, 0.29) is 12.5 Å². The quantitative estimate of drug-likeness (QED) is 0.668. The minimum absolute atomic E-state index is 0.157. The summed E-state index contributed by atoms with van der Waals surface area (Å²) in [4.78, 5) is 21.9. The summed E-state index contributed by atoms with van der Waals surface area (Å²) < 4.78 is 6.37. The number of anilines is 1. The molecule has 0 unspecified atom stereocenters. The van der Waals surface area contributed by atoms with Crippen molar-refractivity contribution in [1.82, 2.24) is 9.78 Å². The van der Waals surface area contributed by atoms with E-state index in [9.17, 15) is 9.59 Å². The summed E-state index contributed by atoms with van der Waals surface area (Å²) in [6.07, 6.45) is 2.51. The maximum absolute atomic E-state index is 11.5. The normalized spacial score (nSPS) is 10.3. The summed E-state index contributed by atoms with van der Waals surface area (Å²) in [5.74, 6) is -0.777. The van der Waals surface area contributed by atoms with Crippen molar-refractivity contribution in [2.45, 2.75) is 26.3 Å². The molecule has 2 N–H and O–H groups in total. The lowest BCUT2D eigenvalue weighted by atomic mass is 10.3. The predicted molar refractivity (Wildman–Crippen MR) is 64.2 cm³/mol. The number of hydrogen-bond acceptors (Lipinski definition) is 4. The highest BCUT2D eigenvalue weighted by molar-refractivity contribution is 5.89. The number of carboxylic acids is 1. The molecule has 100 valence electrons. The van der Waals surface area contributed by atoms with Crippen LogP contribution >= 0.6 is 0 Å². The van der Waals surface area contributed by atoms with Gasteiger partial charge in [-0.25, -0.2) is 0 Å². The van der Waals surface area contributed by atoms with Gasteiger partial charge in [-0.2, -0.15) is 5.10 Å². The number of carbonyl (C=O) groups is 2. The Hall–Kier alpha value is -1.89. The first kappa shape index (κ1) is 14.2. The van der Waals surface area contributed by atoms with Crippen LogP contribution in [-0.4, -0.2) is 40.0 Å². The molecular formula is C11H17N3O4. The first-order valence-corrected chi connectivity index (χ1v) is 5.74. The summed E-state index contributed by atoms with van der Waals surface area (Å²) in [6, 6.07) is 1.56. The molecule has 1 aromatic heterocycles. The molecule has 0 radical (unpaired) electrons. The smallest absolute Gasteiger partial charge is 0.325 e. The largest absolute Gasteiger partial charge is 0.480 e. The van der Waals surface area contributed by atoms with E-state index in [1.165, 1.54) is 10.9 Å². The molecule has 0 aromatic carbocycles. The number of ether oxygens (including phenoxy) is 1. The molecule has 18 heavy (non-hydrogen) atoms. The molecule has 0 aliphatic heterocycles. The van der Waals surface area contributed by atoms with E-state index in [1.54, 1.807) is 6.07 Å². The Bertz CT molecular complexity index is 403. The summed E-state index contributed by atoms with van der Waals surface area (Å²) in [5.41, 5.74) is 0. The molecule has 1 rings (SSSR count). The third kappa shape index (κ3) is 5.44. The van der Waals surface area contributed by atoms with Crippen LogP contribution < -0.4 is 5.32 Å². The molecule has 1 amide bonds. The SMILES string of the molecule is CCOCCCC(=O)Nc1ccn(CC(=O)O)n1. The fourth-order valence-electron chi connectivity index (χ4n) is 1.34. The standard InChI is InChI=1S/C11H17N3O4/c1-2-18-7-3-4-10(15)12-9-5-6-14(13-9)8-11(16)17/h5-6H,2-4,7-8H2,1H3,(H,16,17)(H,12,13,15). The monoisotopic (exact) mass is 255 g/mol. The van der Waals surface area contributed by atoms with Gasteiger partial charge in [-0.3, -0.25) is 14.3 Å². The third-order valence-electron chi connectivity index (χ3n) is 2.10. The van der Waals surface area contributed by atoms with Crippen LogP contribution in [0.25, 0.3) is 0 Å². The minimum Gasteiger partial charge on any atom is -0.480 e. The highest BCUT2D eigenvalue weighted by Crippen LogP contribution is 2.04. The number of nitrogens with one attached hydrogen (secondary N) is 1. The molecule has 0 saturated carbocycles. The van der Waals surface area contributed by atoms with Gasteiger partial charge in [0.1, 0.15) is 6.54 Å². The van der Waals surface area contributed by atoms with Gasteiger partial charge in [0, 0.05) is 31.9 Å². The van der Waals surface area contributed by atoms with E-state index in [4.69, 9.17) is 9.84 Å². The van der Waals surface area contributed by atoms with E-state index in [1.807, 2.05) is 6.92 Å². The average Bonchev–Trinajstić information content (AvgIpc) is 2.71. The lowest BCUT2D eigenvalue weighted by molar-refractivity contribution is -0.137. The third-order valence-corrected chi connectivity index (χ3v) is 2.10. The van der Waals surface area contributed by atoms with Crippen molar-refractivity contribution in [3.8, 4) is 0 Å². The number of hydrogen-bond donors (Lipinski definition) is 2. The van der Waals surface area contributed by atoms with E-state index in [0.717, 1.165) is 0 Å². The molecule has 0 spiro atoms. The maximum Gasteiger partial charge on any atom is 0.325 e. The molecule has 0 aliphatic carbocycles. The van der Waals surface area contributed by atoms with Gasteiger partial charge in [0.2, 0.25) is 5.91 Å². The van der Waals surface area contributed by atoms with Crippen LogP contribution in [0.15, 0.2) is 12.3 Å². The Morgan fingerprint density at radius 2 is 2.33 bits per heavy atom. The second-order valence-corrected chi connectivity index (χ2v) is 3.64. The zero-order chi connectivity index (χ0) is 13.4. The summed E-state index contributed by atoms with van der Waals surface area (Å²) in [5, 5.41) is 15.1. The molecule has 1 heterocycles. The molecule has 1 aromatic rings. The second-order valence-electron chi connectivity index (χ2n) is 3.64. The Labute approximate surface area is 105 Å². The van der Waals surface area contributed by atoms with Gasteiger partial charge in [-0.1, -0.05) is 0 Å². The molecule has 0 bridgehead atoms. The molecule has 0 atom stereocenters. The van der Waals surface area contributed by atoms with Crippen LogP contribution in [-0.2, 0) is 20.9 Å². The summed E-state index contributed by atoms with van der Waals surface area (Å²) in [7, 11) is 0. The van der Waals surface area contributed by atoms with Crippen molar-refractivity contribution in [1.29, 1.82) is 0 Å². The maximum atomic E-state index is 11.5. The first-order valence-electron chi connectivity index (χ1n) is 5.74. The van der Waals surface area contributed by atoms with Gasteiger partial charge in [0.25, 0.3) is 0 Å². The Kier molecular flexibility index (Phi) is 5.86. The lowest BCUT2D eigenvalue weighted by Crippen LogP contribution is -2.14. The predicted octanol–water partition coefficient (Wildman–Crippen LogP) is 0.723. The van der Waals surface area contributed by atoms with Crippen LogP contribution in [0.2, 0.25) is 0 Å². The van der Waals surface area contributed by atoms with Crippen LogP contribution in [0.1, 0.15) is 19.8 Å². The first-order chi connectivity index (χ1) is 8.61. The summed E-state index contributed by atoms with van der Waals surface area (Å²) in [6.45, 7) is 2.87. The van der Waals surface area contributed by atoms with E-state index in [2.05, 4.69) is 10.4 Å². The van der Waals surface area contributed by atoms with Crippen LogP contribution in [0, 0.1) is 0 Å². The van der Waals surface area contributed by atoms with Crippen LogP contribution in [0.3, 0.4) is 0 Å². The molecule has 0 saturated heterocycles. The number of carboxylic acid groups (broad SMARTS) is 1. The van der Waals surface area contributed by atoms with E-state index in [0.29, 0.717) is 31.9 Å². The number of aromatic nitrogens is 2. The highest BCUT2D eigenvalue weighted by Gasteiger charge is 2.06. The van der Waals surface area contributed by atoms with Gasteiger partial charge in [-0.05, 0) is 13.3 Å². The zero-order valence-electron chi connectivity index (χ0n) is 10.3. The van der Waals surface area contributed by atoms with E-state index >= 15 is 0 Å². The Balaban J connectivity index is 2.31. The van der Waals surface area contributed by atoms with Crippen molar-refractivity contribution in [2.24, 2.45) is 0 Å². The molecule has 7 nitrogen and oxygen atoms in total. The van der Waals surface area contributed by atoms with Crippen LogP contribution in [0.5, 0.6) is 0 Å². The number of amides is 1. The topological polar surface area (TPSA) is 93.5 Å². The highest BCUT2D eigenvalue weighted by atomic mass is 16.5. The van der Waals surface area contributed by atoms with Gasteiger partial charge in [0.05, 0.1) is 0 Å². The average molecular weight is 255 g/mol. The fourth-order valence-corrected chi connectivity index (χ4v) is 1.34. The van der Waals surface area contributed by atoms with Crippen molar-refractivity contribution in [2.75, 3.05) is 18.5 Å². The minimum atomic E-state index is -0.979. The molecule has 0 fully saturated rings. The fraction of sp³-hybridized carbons (Fsp3) is 0.545. The Morgan fingerprint density at radius 1 is 1.56 bits per heavy atom. The second kappa shape index (κ2) is 7.44. The van der Waals surface area contributed by atoms with Crippen molar-refractivity contribution >= 4 is 17.7 Å². The van der Waals surface area contributed by atoms with E-state index < -0.39 is 5.97 Å². The number of carbonyl (C=O) groups excluding carboxylic acids is 1. The van der Waals surface area contributed by atoms with Crippen molar-refractivity contribution in [3.05, 3.63) is 12.3 Å². The van der Waals surface area contributed by atoms with Gasteiger partial charge >= 0.3 is 5.97 Å². The van der Waals surface area contributed by atoms with Crippen LogP contribution in [0.4, 0.5) is 5.82 Å². The zero-order valence-corrected chi connectivity index (χ0v) is 10.3. The molecule has 0 aliphatic rings. The van der Waals surface area contributed by atoms with Crippen molar-refractivity contribution < 1.29 is 19.4 Å². The van der Waals surface area contributed by atoms with Gasteiger partial charge < -0.3 is 15.2 Å². The van der Waals surface area contributed by atoms with Crippen molar-refractivity contribution in [3.63, 3.8) is 0 Å². The number of nitrogens with zero attached hydrogens (tertiary/aromatic N) is 2. The number of aliphatic carboxylic acids is 1. The van der Waals surface area contributed by atoms with Gasteiger partial charge in [0.15, 0.2) is 5.82 Å². The van der Waals surface area contributed by atoms with Gasteiger partial charge in [-0.15, -0.1) is 0 Å².